The van der Waals surface area contributed by atoms with Crippen molar-refractivity contribution in [2.24, 2.45) is 4.99 Å². The Balaban J connectivity index is 1.74. The molecule has 1 aliphatic heterocycles. The average Bonchev–Trinajstić information content (AvgIpc) is 2.66. The molecule has 0 aliphatic carbocycles. The maximum atomic E-state index is 11.5. The molecule has 1 aromatic carbocycles. The minimum absolute atomic E-state index is 0.0100. The first-order valence-electron chi connectivity index (χ1n) is 9.05. The van der Waals surface area contributed by atoms with E-state index >= 15 is 0 Å². The molecule has 2 N–H and O–H groups in total. The first kappa shape index (κ1) is 19.9. The van der Waals surface area contributed by atoms with E-state index in [-0.39, 0.29) is 18.2 Å². The summed E-state index contributed by atoms with van der Waals surface area (Å²) >= 11 is 0. The summed E-state index contributed by atoms with van der Waals surface area (Å²) in [5.41, 5.74) is 1.12. The van der Waals surface area contributed by atoms with Crippen LogP contribution >= 0.6 is 0 Å². The summed E-state index contributed by atoms with van der Waals surface area (Å²) in [6, 6.07) is 8.28. The van der Waals surface area contributed by atoms with E-state index in [0.29, 0.717) is 19.6 Å². The predicted molar refractivity (Wildman–Crippen MR) is 103 cm³/mol. The van der Waals surface area contributed by atoms with Crippen LogP contribution < -0.4 is 15.4 Å². The largest absolute Gasteiger partial charge is 0.489 e. The van der Waals surface area contributed by atoms with Crippen LogP contribution in [0.3, 0.4) is 0 Å². The van der Waals surface area contributed by atoms with E-state index < -0.39 is 0 Å². The number of piperidine rings is 1. The van der Waals surface area contributed by atoms with E-state index in [9.17, 15) is 4.79 Å². The van der Waals surface area contributed by atoms with Gasteiger partial charge in [0.15, 0.2) is 5.96 Å². The lowest BCUT2D eigenvalue weighted by atomic mass is 10.1. The van der Waals surface area contributed by atoms with Crippen LogP contribution in [-0.4, -0.2) is 62.9 Å². The number of guanidine groups is 1. The molecule has 1 aromatic rings. The fraction of sp³-hybridized carbons (Fsp3) is 0.579. The molecule has 1 aliphatic rings. The Labute approximate surface area is 155 Å². The van der Waals surface area contributed by atoms with E-state index in [1.165, 1.54) is 7.11 Å². The third-order valence-electron chi connectivity index (χ3n) is 4.47. The summed E-state index contributed by atoms with van der Waals surface area (Å²) < 4.78 is 10.7. The number of carbonyl (C=O) groups excluding carboxylic acids is 1. The third kappa shape index (κ3) is 5.82. The maximum Gasteiger partial charge on any atom is 0.409 e. The zero-order valence-electron chi connectivity index (χ0n) is 16.1. The van der Waals surface area contributed by atoms with E-state index in [1.807, 2.05) is 38.1 Å². The highest BCUT2D eigenvalue weighted by atomic mass is 16.5. The van der Waals surface area contributed by atoms with Gasteiger partial charge in [0.1, 0.15) is 11.9 Å². The van der Waals surface area contributed by atoms with Gasteiger partial charge in [0, 0.05) is 26.2 Å². The summed E-state index contributed by atoms with van der Waals surface area (Å²) in [6.07, 6.45) is 1.49. The highest BCUT2D eigenvalue weighted by molar-refractivity contribution is 5.80. The number of carbonyl (C=O) groups is 1. The summed E-state index contributed by atoms with van der Waals surface area (Å²) in [5, 5.41) is 6.73. The minimum atomic E-state index is -0.256. The van der Waals surface area contributed by atoms with Gasteiger partial charge >= 0.3 is 6.09 Å². The predicted octanol–water partition coefficient (Wildman–Crippen LogP) is 2.16. The minimum Gasteiger partial charge on any atom is -0.489 e. The Bertz CT molecular complexity index is 613. The smallest absolute Gasteiger partial charge is 0.409 e. The highest BCUT2D eigenvalue weighted by Gasteiger charge is 2.23. The first-order valence-corrected chi connectivity index (χ1v) is 9.05. The number of likely N-dealkylation sites (tertiary alicyclic amines) is 1. The SMILES string of the molecule is CN=C(NCC(C)Oc1ccccc1C)NC1CCN(C(=O)OC)CC1. The van der Waals surface area contributed by atoms with Gasteiger partial charge in [-0.25, -0.2) is 4.79 Å². The van der Waals surface area contributed by atoms with Crippen LogP contribution in [0.2, 0.25) is 0 Å². The number of benzene rings is 1. The standard InChI is InChI=1S/C19H30N4O3/c1-14-7-5-6-8-17(14)26-15(2)13-21-18(20-3)22-16-9-11-23(12-10-16)19(24)25-4/h5-8,15-16H,9-13H2,1-4H3,(H2,20,21,22). The van der Waals surface area contributed by atoms with Gasteiger partial charge in [-0.3, -0.25) is 4.99 Å². The van der Waals surface area contributed by atoms with Crippen molar-refractivity contribution < 1.29 is 14.3 Å². The van der Waals surface area contributed by atoms with Crippen LogP contribution in [0.15, 0.2) is 29.3 Å². The summed E-state index contributed by atoms with van der Waals surface area (Å²) in [5.74, 6) is 1.65. The third-order valence-corrected chi connectivity index (χ3v) is 4.47. The van der Waals surface area contributed by atoms with Crippen LogP contribution in [0.4, 0.5) is 4.79 Å². The lowest BCUT2D eigenvalue weighted by molar-refractivity contribution is 0.111. The Kier molecular flexibility index (Phi) is 7.56. The molecule has 2 rings (SSSR count). The number of para-hydroxylation sites is 1. The summed E-state index contributed by atoms with van der Waals surface area (Å²) in [6.45, 7) is 6.09. The number of amides is 1. The number of methoxy groups -OCH3 is 1. The van der Waals surface area contributed by atoms with Gasteiger partial charge in [-0.2, -0.15) is 0 Å². The normalized spacial score (nSPS) is 16.8. The van der Waals surface area contributed by atoms with Crippen molar-refractivity contribution in [3.63, 3.8) is 0 Å². The number of aliphatic imine (C=N–C) groups is 1. The highest BCUT2D eigenvalue weighted by Crippen LogP contribution is 2.17. The zero-order chi connectivity index (χ0) is 18.9. The molecule has 26 heavy (non-hydrogen) atoms. The quantitative estimate of drug-likeness (QED) is 0.620. The zero-order valence-corrected chi connectivity index (χ0v) is 16.1. The number of rotatable bonds is 5. The van der Waals surface area contributed by atoms with Crippen LogP contribution in [0, 0.1) is 6.92 Å². The Morgan fingerprint density at radius 3 is 2.65 bits per heavy atom. The van der Waals surface area contributed by atoms with Gasteiger partial charge in [0.25, 0.3) is 0 Å². The monoisotopic (exact) mass is 362 g/mol. The van der Waals surface area contributed by atoms with Crippen molar-refractivity contribution in [3.05, 3.63) is 29.8 Å². The van der Waals surface area contributed by atoms with Gasteiger partial charge in [0.05, 0.1) is 13.7 Å². The molecule has 0 spiro atoms. The van der Waals surface area contributed by atoms with Gasteiger partial charge < -0.3 is 25.0 Å². The van der Waals surface area contributed by atoms with Crippen LogP contribution in [0.5, 0.6) is 5.75 Å². The van der Waals surface area contributed by atoms with E-state index in [1.54, 1.807) is 11.9 Å². The van der Waals surface area contributed by atoms with Gasteiger partial charge in [0.2, 0.25) is 0 Å². The maximum absolute atomic E-state index is 11.5. The molecule has 7 nitrogen and oxygen atoms in total. The second kappa shape index (κ2) is 9.89. The lowest BCUT2D eigenvalue weighted by Crippen LogP contribution is -2.50. The van der Waals surface area contributed by atoms with E-state index in [2.05, 4.69) is 15.6 Å². The number of hydrogen-bond donors (Lipinski definition) is 2. The molecule has 7 heteroatoms. The van der Waals surface area contributed by atoms with Gasteiger partial charge in [-0.1, -0.05) is 18.2 Å². The van der Waals surface area contributed by atoms with Crippen molar-refractivity contribution in [2.75, 3.05) is 33.8 Å². The molecule has 0 aromatic heterocycles. The van der Waals surface area contributed by atoms with E-state index in [4.69, 9.17) is 9.47 Å². The van der Waals surface area contributed by atoms with Crippen LogP contribution in [0.1, 0.15) is 25.3 Å². The van der Waals surface area contributed by atoms with Crippen molar-refractivity contribution in [1.82, 2.24) is 15.5 Å². The molecule has 1 fully saturated rings. The fourth-order valence-corrected chi connectivity index (χ4v) is 2.91. The van der Waals surface area contributed by atoms with Crippen molar-refractivity contribution >= 4 is 12.1 Å². The van der Waals surface area contributed by atoms with Crippen molar-refractivity contribution in [1.29, 1.82) is 0 Å². The molecule has 0 radical (unpaired) electrons. The Morgan fingerprint density at radius 2 is 2.04 bits per heavy atom. The summed E-state index contributed by atoms with van der Waals surface area (Å²) in [4.78, 5) is 17.5. The molecular formula is C19H30N4O3. The van der Waals surface area contributed by atoms with Gasteiger partial charge in [-0.15, -0.1) is 0 Å². The number of nitrogens with zero attached hydrogens (tertiary/aromatic N) is 2. The van der Waals surface area contributed by atoms with Gasteiger partial charge in [-0.05, 0) is 38.3 Å². The number of nitrogens with one attached hydrogen (secondary N) is 2. The fourth-order valence-electron chi connectivity index (χ4n) is 2.91. The second-order valence-corrected chi connectivity index (χ2v) is 6.52. The molecule has 1 heterocycles. The molecule has 1 atom stereocenters. The Hall–Kier alpha value is -2.44. The topological polar surface area (TPSA) is 75.2 Å². The molecule has 0 saturated carbocycles. The number of ether oxygens (including phenoxy) is 2. The Morgan fingerprint density at radius 1 is 1.35 bits per heavy atom. The second-order valence-electron chi connectivity index (χ2n) is 6.52. The van der Waals surface area contributed by atoms with Crippen LogP contribution in [0.25, 0.3) is 0 Å². The first-order chi connectivity index (χ1) is 12.5. The molecule has 1 unspecified atom stereocenters. The summed E-state index contributed by atoms with van der Waals surface area (Å²) in [7, 11) is 3.17. The van der Waals surface area contributed by atoms with Crippen molar-refractivity contribution in [3.8, 4) is 5.75 Å². The molecular weight excluding hydrogens is 332 g/mol. The molecule has 0 bridgehead atoms. The molecule has 144 valence electrons. The lowest BCUT2D eigenvalue weighted by Gasteiger charge is -2.32. The molecule has 1 saturated heterocycles. The molecule has 1 amide bonds. The van der Waals surface area contributed by atoms with Crippen molar-refractivity contribution in [2.45, 2.75) is 38.8 Å². The average molecular weight is 362 g/mol. The van der Waals surface area contributed by atoms with Crippen LogP contribution in [-0.2, 0) is 4.74 Å². The number of aryl methyl sites for hydroxylation is 1. The van der Waals surface area contributed by atoms with E-state index in [0.717, 1.165) is 30.1 Å². The number of hydrogen-bond acceptors (Lipinski definition) is 4.